The number of pyridine rings is 1. The van der Waals surface area contributed by atoms with Gasteiger partial charge in [-0.15, -0.1) is 0 Å². The fourth-order valence-electron chi connectivity index (χ4n) is 4.89. The first-order valence-corrected chi connectivity index (χ1v) is 15.0. The van der Waals surface area contributed by atoms with Gasteiger partial charge in [0, 0.05) is 37.8 Å². The molecule has 0 spiro atoms. The zero-order chi connectivity index (χ0) is 28.7. The Morgan fingerprint density at radius 1 is 0.976 bits per heavy atom. The third-order valence-corrected chi connectivity index (χ3v) is 8.95. The molecular formula is C30H33FN4O5S. The number of ether oxygens (including phenoxy) is 1. The second kappa shape index (κ2) is 13.3. The summed E-state index contributed by atoms with van der Waals surface area (Å²) < 4.78 is 53.9. The first kappa shape index (κ1) is 28.9. The van der Waals surface area contributed by atoms with E-state index in [0.29, 0.717) is 48.4 Å². The molecule has 0 aliphatic carbocycles. The summed E-state index contributed by atoms with van der Waals surface area (Å²) in [6.07, 6.45) is 3.62. The standard InChI is InChI=1S/C30H33FN4O5S/c31-26-11-9-24(10-12-26)21-34(22-27-7-3-18-40-27)29(36)23-35(15-4-14-33-16-19-39-20-17-33)41(37,38)28-8-1-5-25-6-2-13-32-30(25)28/h1-3,5-13,18H,4,14-17,19-23H2. The van der Waals surface area contributed by atoms with Gasteiger partial charge in [0.15, 0.2) is 0 Å². The van der Waals surface area contributed by atoms with Crippen LogP contribution in [0.25, 0.3) is 10.9 Å². The number of carbonyl (C=O) groups is 1. The number of furan rings is 1. The summed E-state index contributed by atoms with van der Waals surface area (Å²) >= 11 is 0. The minimum Gasteiger partial charge on any atom is -0.467 e. The van der Waals surface area contributed by atoms with E-state index in [9.17, 15) is 17.6 Å². The summed E-state index contributed by atoms with van der Waals surface area (Å²) in [5.74, 6) is -0.215. The number of aromatic nitrogens is 1. The van der Waals surface area contributed by atoms with Crippen LogP contribution in [0, 0.1) is 5.82 Å². The predicted molar refractivity (Wildman–Crippen MR) is 152 cm³/mol. The van der Waals surface area contributed by atoms with Gasteiger partial charge < -0.3 is 14.1 Å². The van der Waals surface area contributed by atoms with Crippen LogP contribution in [0.15, 0.2) is 88.5 Å². The summed E-state index contributed by atoms with van der Waals surface area (Å²) in [7, 11) is -4.09. The van der Waals surface area contributed by atoms with Crippen molar-refractivity contribution in [3.05, 3.63) is 96.3 Å². The van der Waals surface area contributed by atoms with Crippen LogP contribution in [0.5, 0.6) is 0 Å². The Kier molecular flexibility index (Phi) is 9.40. The molecule has 41 heavy (non-hydrogen) atoms. The van der Waals surface area contributed by atoms with Crippen LogP contribution in [0.3, 0.4) is 0 Å². The second-order valence-electron chi connectivity index (χ2n) is 9.93. The Morgan fingerprint density at radius 3 is 2.51 bits per heavy atom. The Morgan fingerprint density at radius 2 is 1.76 bits per heavy atom. The largest absolute Gasteiger partial charge is 0.467 e. The topological polar surface area (TPSA) is 96.2 Å². The highest BCUT2D eigenvalue weighted by Crippen LogP contribution is 2.25. The van der Waals surface area contributed by atoms with Crippen LogP contribution in [-0.4, -0.2) is 79.4 Å². The van der Waals surface area contributed by atoms with Gasteiger partial charge in [0.2, 0.25) is 15.9 Å². The highest BCUT2D eigenvalue weighted by atomic mass is 32.2. The molecule has 2 aromatic heterocycles. The molecule has 11 heteroatoms. The maximum atomic E-state index is 14.1. The number of rotatable bonds is 12. The van der Waals surface area contributed by atoms with E-state index < -0.39 is 15.9 Å². The average molecular weight is 581 g/mol. The number of hydrogen-bond donors (Lipinski definition) is 0. The molecule has 1 fully saturated rings. The number of hydrogen-bond acceptors (Lipinski definition) is 7. The van der Waals surface area contributed by atoms with E-state index in [2.05, 4.69) is 9.88 Å². The minimum atomic E-state index is -4.09. The number of morpholine rings is 1. The molecule has 5 rings (SSSR count). The quantitative estimate of drug-likeness (QED) is 0.251. The van der Waals surface area contributed by atoms with E-state index in [1.807, 2.05) is 12.1 Å². The number of benzene rings is 2. The first-order chi connectivity index (χ1) is 19.9. The predicted octanol–water partition coefficient (Wildman–Crippen LogP) is 3.91. The van der Waals surface area contributed by atoms with Gasteiger partial charge in [-0.05, 0) is 54.9 Å². The van der Waals surface area contributed by atoms with Gasteiger partial charge in [0.25, 0.3) is 0 Å². The van der Waals surface area contributed by atoms with Crippen molar-refractivity contribution in [3.8, 4) is 0 Å². The van der Waals surface area contributed by atoms with E-state index in [0.717, 1.165) is 13.1 Å². The van der Waals surface area contributed by atoms with E-state index in [4.69, 9.17) is 9.15 Å². The molecule has 2 aromatic carbocycles. The molecule has 0 N–H and O–H groups in total. The third kappa shape index (κ3) is 7.36. The number of nitrogens with zero attached hydrogens (tertiary/aromatic N) is 4. The van der Waals surface area contributed by atoms with Gasteiger partial charge in [-0.3, -0.25) is 14.7 Å². The van der Waals surface area contributed by atoms with Crippen molar-refractivity contribution in [1.82, 2.24) is 19.1 Å². The zero-order valence-corrected chi connectivity index (χ0v) is 23.5. The number of sulfonamides is 1. The molecule has 0 radical (unpaired) electrons. The summed E-state index contributed by atoms with van der Waals surface area (Å²) in [5.41, 5.74) is 1.07. The van der Waals surface area contributed by atoms with Crippen LogP contribution < -0.4 is 0 Å². The Labute approximate surface area is 239 Å². The fraction of sp³-hybridized carbons (Fsp3) is 0.333. The maximum Gasteiger partial charge on any atom is 0.245 e. The van der Waals surface area contributed by atoms with Crippen molar-refractivity contribution in [2.24, 2.45) is 0 Å². The molecule has 0 unspecified atom stereocenters. The lowest BCUT2D eigenvalue weighted by molar-refractivity contribution is -0.133. The normalized spacial score (nSPS) is 14.5. The van der Waals surface area contributed by atoms with Crippen molar-refractivity contribution < 1.29 is 26.8 Å². The molecule has 216 valence electrons. The SMILES string of the molecule is O=C(CN(CCCN1CCOCC1)S(=O)(=O)c1cccc2cccnc12)N(Cc1ccc(F)cc1)Cc1ccco1. The Bertz CT molecular complexity index is 1540. The number of amides is 1. The van der Waals surface area contributed by atoms with Crippen molar-refractivity contribution in [3.63, 3.8) is 0 Å². The summed E-state index contributed by atoms with van der Waals surface area (Å²) in [5, 5.41) is 0.698. The molecule has 0 bridgehead atoms. The van der Waals surface area contributed by atoms with Crippen molar-refractivity contribution in [1.29, 1.82) is 0 Å². The number of para-hydroxylation sites is 1. The average Bonchev–Trinajstić information content (AvgIpc) is 3.51. The van der Waals surface area contributed by atoms with E-state index in [-0.39, 0.29) is 36.9 Å². The molecular weight excluding hydrogens is 547 g/mol. The van der Waals surface area contributed by atoms with Crippen molar-refractivity contribution in [2.45, 2.75) is 24.4 Å². The molecule has 3 heterocycles. The van der Waals surface area contributed by atoms with E-state index in [1.165, 1.54) is 33.7 Å². The Hall–Kier alpha value is -3.64. The molecule has 1 saturated heterocycles. The summed E-state index contributed by atoms with van der Waals surface area (Å²) in [6, 6.07) is 18.0. The summed E-state index contributed by atoms with van der Waals surface area (Å²) in [4.78, 5) is 22.0. The van der Waals surface area contributed by atoms with Gasteiger partial charge in [-0.25, -0.2) is 12.8 Å². The molecule has 1 aliphatic heterocycles. The first-order valence-electron chi connectivity index (χ1n) is 13.6. The lowest BCUT2D eigenvalue weighted by Crippen LogP contribution is -2.44. The monoisotopic (exact) mass is 580 g/mol. The van der Waals surface area contributed by atoms with E-state index in [1.54, 1.807) is 42.6 Å². The van der Waals surface area contributed by atoms with Gasteiger partial charge in [0.05, 0.1) is 38.1 Å². The third-order valence-electron chi connectivity index (χ3n) is 7.08. The van der Waals surface area contributed by atoms with Crippen LogP contribution in [0.4, 0.5) is 4.39 Å². The van der Waals surface area contributed by atoms with Crippen molar-refractivity contribution >= 4 is 26.8 Å². The van der Waals surface area contributed by atoms with Crippen LogP contribution >= 0.6 is 0 Å². The number of carbonyl (C=O) groups excluding carboxylic acids is 1. The molecule has 0 saturated carbocycles. The van der Waals surface area contributed by atoms with Crippen LogP contribution in [0.1, 0.15) is 17.7 Å². The minimum absolute atomic E-state index is 0.0610. The second-order valence-corrected chi connectivity index (χ2v) is 11.8. The molecule has 1 aliphatic rings. The number of fused-ring (bicyclic) bond motifs is 1. The molecule has 0 atom stereocenters. The zero-order valence-electron chi connectivity index (χ0n) is 22.7. The van der Waals surface area contributed by atoms with Gasteiger partial charge >= 0.3 is 0 Å². The maximum absolute atomic E-state index is 14.1. The highest BCUT2D eigenvalue weighted by Gasteiger charge is 2.30. The fourth-order valence-corrected chi connectivity index (χ4v) is 6.48. The van der Waals surface area contributed by atoms with Gasteiger partial charge in [-0.1, -0.05) is 30.3 Å². The Balaban J connectivity index is 1.41. The highest BCUT2D eigenvalue weighted by molar-refractivity contribution is 7.89. The lowest BCUT2D eigenvalue weighted by Gasteiger charge is -2.29. The molecule has 9 nitrogen and oxygen atoms in total. The van der Waals surface area contributed by atoms with Crippen molar-refractivity contribution in [2.75, 3.05) is 45.9 Å². The van der Waals surface area contributed by atoms with E-state index >= 15 is 0 Å². The molecule has 4 aromatic rings. The lowest BCUT2D eigenvalue weighted by atomic mass is 10.2. The van der Waals surface area contributed by atoms with Crippen LogP contribution in [-0.2, 0) is 32.6 Å². The summed E-state index contributed by atoms with van der Waals surface area (Å²) in [6.45, 7) is 3.64. The number of halogens is 1. The van der Waals surface area contributed by atoms with Crippen LogP contribution in [0.2, 0.25) is 0 Å². The smallest absolute Gasteiger partial charge is 0.245 e. The van der Waals surface area contributed by atoms with Gasteiger partial charge in [-0.2, -0.15) is 4.31 Å². The van der Waals surface area contributed by atoms with Gasteiger partial charge in [0.1, 0.15) is 16.5 Å². The molecule has 1 amide bonds.